The highest BCUT2D eigenvalue weighted by atomic mass is 16.5. The second kappa shape index (κ2) is 15.3. The Morgan fingerprint density at radius 2 is 0.831 bits per heavy atom. The fraction of sp³-hybridized carbons (Fsp3) is 0.0820. The van der Waals surface area contributed by atoms with Gasteiger partial charge in [0.25, 0.3) is 0 Å². The van der Waals surface area contributed by atoms with Crippen molar-refractivity contribution in [1.82, 2.24) is 0 Å². The predicted molar refractivity (Wildman–Crippen MR) is 273 cm³/mol. The molecule has 0 aliphatic rings. The Bertz CT molecular complexity index is 3630. The minimum Gasteiger partial charge on any atom is -0.497 e. The van der Waals surface area contributed by atoms with E-state index in [1.54, 1.807) is 21.3 Å². The van der Waals surface area contributed by atoms with Crippen LogP contribution < -0.4 is 19.1 Å². The van der Waals surface area contributed by atoms with Crippen LogP contribution in [0.25, 0.3) is 86.9 Å². The Morgan fingerprint density at radius 1 is 0.369 bits per heavy atom. The minimum atomic E-state index is 0.816. The summed E-state index contributed by atoms with van der Waals surface area (Å²) >= 11 is 0. The van der Waals surface area contributed by atoms with E-state index in [4.69, 9.17) is 14.2 Å². The Hall–Kier alpha value is -8.08. The molecule has 0 aliphatic carbocycles. The van der Waals surface area contributed by atoms with Gasteiger partial charge in [-0.1, -0.05) is 127 Å². The standard InChI is InChI=1S/C61H45NO3/c1-37-35-45(65-4)30-33-52(37)62(42-24-28-44(64-3)29-25-42)53-34-32-51-57-47(53)18-12-20-49(57)59-55(40-15-9-6-10-16-40)60-50-31-23-41(36-38-21-26-43(63-2)27-22-38)46-17-11-19-48(56(46)50)58(60)54(61(51)59)39-13-7-5-8-14-39/h5-35H,36H2,1-4H3. The topological polar surface area (TPSA) is 30.9 Å². The average Bonchev–Trinajstić information content (AvgIpc) is 3.88. The molecule has 0 aliphatic heterocycles. The molecule has 12 aromatic carbocycles. The van der Waals surface area contributed by atoms with E-state index in [9.17, 15) is 0 Å². The SMILES string of the molecule is COc1ccc(Cc2ccc3c4c(-c5ccccc5)c5c6cccc7c(N(c8ccc(OC)cc8)c8ccc(OC)cc8C)ccc(c5c(-c5ccccc5)c4c4cccc2c34)c76)cc1. The van der Waals surface area contributed by atoms with Crippen LogP contribution in [0.15, 0.2) is 188 Å². The van der Waals surface area contributed by atoms with Gasteiger partial charge in [0.15, 0.2) is 0 Å². The molecule has 0 spiro atoms. The van der Waals surface area contributed by atoms with Gasteiger partial charge in [-0.25, -0.2) is 0 Å². The zero-order chi connectivity index (χ0) is 43.8. The van der Waals surface area contributed by atoms with Gasteiger partial charge in [0.1, 0.15) is 17.2 Å². The van der Waals surface area contributed by atoms with Crippen molar-refractivity contribution in [1.29, 1.82) is 0 Å². The monoisotopic (exact) mass is 839 g/mol. The van der Waals surface area contributed by atoms with Crippen molar-refractivity contribution >= 4 is 81.7 Å². The first kappa shape index (κ1) is 38.6. The van der Waals surface area contributed by atoms with Crippen molar-refractivity contribution in [2.45, 2.75) is 13.3 Å². The zero-order valence-electron chi connectivity index (χ0n) is 36.8. The molecule has 4 heteroatoms. The normalized spacial score (nSPS) is 11.8. The van der Waals surface area contributed by atoms with E-state index in [0.29, 0.717) is 0 Å². The maximum absolute atomic E-state index is 5.68. The summed E-state index contributed by atoms with van der Waals surface area (Å²) in [5.74, 6) is 2.52. The highest BCUT2D eigenvalue weighted by Gasteiger charge is 2.29. The largest absolute Gasteiger partial charge is 0.497 e. The van der Waals surface area contributed by atoms with Crippen LogP contribution in [0.2, 0.25) is 0 Å². The Balaban J connectivity index is 1.22. The molecular weight excluding hydrogens is 795 g/mol. The molecule has 0 unspecified atom stereocenters. The minimum absolute atomic E-state index is 0.816. The molecule has 0 fully saturated rings. The number of hydrogen-bond donors (Lipinski definition) is 0. The number of nitrogens with zero attached hydrogens (tertiary/aromatic N) is 1. The molecule has 0 aromatic heterocycles. The molecular formula is C61H45NO3. The number of fused-ring (bicyclic) bond motifs is 6. The Morgan fingerprint density at radius 3 is 1.38 bits per heavy atom. The summed E-state index contributed by atoms with van der Waals surface area (Å²) in [6.45, 7) is 2.16. The highest BCUT2D eigenvalue weighted by molar-refractivity contribution is 6.47. The summed E-state index contributed by atoms with van der Waals surface area (Å²) in [6, 6.07) is 68.6. The molecule has 65 heavy (non-hydrogen) atoms. The van der Waals surface area contributed by atoms with E-state index in [0.717, 1.165) is 46.3 Å². The van der Waals surface area contributed by atoms with Crippen molar-refractivity contribution in [3.63, 3.8) is 0 Å². The van der Waals surface area contributed by atoms with Gasteiger partial charge in [-0.3, -0.25) is 0 Å². The summed E-state index contributed by atoms with van der Waals surface area (Å²) < 4.78 is 16.8. The molecule has 4 nitrogen and oxygen atoms in total. The maximum Gasteiger partial charge on any atom is 0.119 e. The molecule has 0 heterocycles. The molecule has 0 amide bonds. The summed E-state index contributed by atoms with van der Waals surface area (Å²) in [5.41, 5.74) is 11.9. The van der Waals surface area contributed by atoms with E-state index < -0.39 is 0 Å². The fourth-order valence-electron chi connectivity index (χ4n) is 10.8. The van der Waals surface area contributed by atoms with Crippen LogP contribution in [0.4, 0.5) is 17.1 Å². The molecule has 12 aromatic rings. The van der Waals surface area contributed by atoms with Crippen molar-refractivity contribution in [2.75, 3.05) is 26.2 Å². The number of ether oxygens (including phenoxy) is 3. The summed E-state index contributed by atoms with van der Waals surface area (Å²) in [4.78, 5) is 2.39. The molecule has 0 N–H and O–H groups in total. The quantitative estimate of drug-likeness (QED) is 0.137. The highest BCUT2D eigenvalue weighted by Crippen LogP contribution is 2.57. The van der Waals surface area contributed by atoms with Crippen molar-refractivity contribution in [2.24, 2.45) is 0 Å². The van der Waals surface area contributed by atoms with Gasteiger partial charge in [0.05, 0.1) is 27.0 Å². The van der Waals surface area contributed by atoms with Crippen LogP contribution in [0.1, 0.15) is 16.7 Å². The van der Waals surface area contributed by atoms with Crippen molar-refractivity contribution < 1.29 is 14.2 Å². The van der Waals surface area contributed by atoms with Gasteiger partial charge < -0.3 is 19.1 Å². The lowest BCUT2D eigenvalue weighted by Crippen LogP contribution is -2.12. The third-order valence-corrected chi connectivity index (χ3v) is 13.6. The smallest absolute Gasteiger partial charge is 0.119 e. The summed E-state index contributed by atoms with van der Waals surface area (Å²) in [7, 11) is 5.16. The average molecular weight is 840 g/mol. The van der Waals surface area contributed by atoms with Gasteiger partial charge in [0, 0.05) is 16.8 Å². The number of aryl methyl sites for hydroxylation is 1. The molecule has 0 saturated heterocycles. The van der Waals surface area contributed by atoms with E-state index >= 15 is 0 Å². The third kappa shape index (κ3) is 5.98. The molecule has 0 saturated carbocycles. The predicted octanol–water partition coefficient (Wildman–Crippen LogP) is 16.2. The second-order valence-electron chi connectivity index (χ2n) is 17.1. The zero-order valence-corrected chi connectivity index (χ0v) is 36.8. The molecule has 0 radical (unpaired) electrons. The fourth-order valence-corrected chi connectivity index (χ4v) is 10.8. The van der Waals surface area contributed by atoms with Crippen molar-refractivity contribution in [3.05, 3.63) is 205 Å². The van der Waals surface area contributed by atoms with Crippen molar-refractivity contribution in [3.8, 4) is 39.5 Å². The third-order valence-electron chi connectivity index (χ3n) is 13.6. The lowest BCUT2D eigenvalue weighted by atomic mass is 9.87. The van der Waals surface area contributed by atoms with Crippen LogP contribution in [0.3, 0.4) is 0 Å². The number of hydrogen-bond acceptors (Lipinski definition) is 4. The van der Waals surface area contributed by atoms with E-state index in [-0.39, 0.29) is 0 Å². The molecule has 12 rings (SSSR count). The van der Waals surface area contributed by atoms with Gasteiger partial charge in [-0.15, -0.1) is 0 Å². The summed E-state index contributed by atoms with van der Waals surface area (Å²) in [5, 5.41) is 15.3. The lowest BCUT2D eigenvalue weighted by Gasteiger charge is -2.28. The number of anilines is 3. The van der Waals surface area contributed by atoms with Gasteiger partial charge in [0.2, 0.25) is 0 Å². The van der Waals surface area contributed by atoms with Gasteiger partial charge in [-0.05, 0) is 172 Å². The van der Waals surface area contributed by atoms with Crippen LogP contribution >= 0.6 is 0 Å². The number of methoxy groups -OCH3 is 3. The van der Waals surface area contributed by atoms with E-state index in [2.05, 4.69) is 188 Å². The van der Waals surface area contributed by atoms with Crippen LogP contribution in [-0.4, -0.2) is 21.3 Å². The Kier molecular flexibility index (Phi) is 9.09. The van der Waals surface area contributed by atoms with Crippen LogP contribution in [-0.2, 0) is 6.42 Å². The Labute approximate surface area is 378 Å². The second-order valence-corrected chi connectivity index (χ2v) is 17.1. The van der Waals surface area contributed by atoms with E-state index in [1.807, 2.05) is 12.1 Å². The van der Waals surface area contributed by atoms with Gasteiger partial charge in [-0.2, -0.15) is 0 Å². The number of benzene rings is 10. The molecule has 0 atom stereocenters. The first-order chi connectivity index (χ1) is 32.0. The first-order valence-electron chi connectivity index (χ1n) is 22.2. The molecule has 312 valence electrons. The number of rotatable bonds is 10. The first-order valence-corrected chi connectivity index (χ1v) is 22.2. The van der Waals surface area contributed by atoms with Crippen LogP contribution in [0.5, 0.6) is 17.2 Å². The van der Waals surface area contributed by atoms with Crippen LogP contribution in [0, 0.1) is 6.92 Å². The maximum atomic E-state index is 5.68. The molecule has 0 bridgehead atoms. The van der Waals surface area contributed by atoms with E-state index in [1.165, 1.54) is 98.0 Å². The lowest BCUT2D eigenvalue weighted by molar-refractivity contribution is 0.414. The van der Waals surface area contributed by atoms with Gasteiger partial charge >= 0.3 is 0 Å². The summed E-state index contributed by atoms with van der Waals surface area (Å²) in [6.07, 6.45) is 0.829.